The van der Waals surface area contributed by atoms with Gasteiger partial charge in [0.25, 0.3) is 0 Å². The van der Waals surface area contributed by atoms with Crippen molar-refractivity contribution in [3.8, 4) is 0 Å². The number of carbonyl (C=O) groups is 2. The standard InChI is InChI=1S/C21H24BrCl2N3O4S/c1-4-25-21(29)14(2)26(12-15-5-8-17(23)11-19(15)24)20(28)13-27(32(3,30)31)18-9-6-16(22)7-10-18/h5-11,14H,4,12-13H2,1-3H3,(H,25,29)/t14-/m0/s1. The molecule has 1 N–H and O–H groups in total. The summed E-state index contributed by atoms with van der Waals surface area (Å²) in [4.78, 5) is 27.1. The summed E-state index contributed by atoms with van der Waals surface area (Å²) in [5.41, 5.74) is 0.911. The van der Waals surface area contributed by atoms with Gasteiger partial charge < -0.3 is 10.2 Å². The van der Waals surface area contributed by atoms with Crippen molar-refractivity contribution in [2.45, 2.75) is 26.4 Å². The van der Waals surface area contributed by atoms with Gasteiger partial charge in [0.05, 0.1) is 11.9 Å². The number of amides is 2. The molecule has 32 heavy (non-hydrogen) atoms. The van der Waals surface area contributed by atoms with E-state index in [1.807, 2.05) is 0 Å². The van der Waals surface area contributed by atoms with E-state index in [0.717, 1.165) is 15.0 Å². The van der Waals surface area contributed by atoms with Crippen LogP contribution in [0.25, 0.3) is 0 Å². The van der Waals surface area contributed by atoms with Crippen LogP contribution in [-0.4, -0.2) is 50.5 Å². The molecule has 0 saturated carbocycles. The molecule has 2 aromatic rings. The monoisotopic (exact) mass is 563 g/mol. The Bertz CT molecular complexity index is 1080. The van der Waals surface area contributed by atoms with Gasteiger partial charge in [-0.15, -0.1) is 0 Å². The lowest BCUT2D eigenvalue weighted by molar-refractivity contribution is -0.139. The van der Waals surface area contributed by atoms with Crippen LogP contribution in [0.5, 0.6) is 0 Å². The van der Waals surface area contributed by atoms with Crippen molar-refractivity contribution in [3.05, 3.63) is 62.5 Å². The summed E-state index contributed by atoms with van der Waals surface area (Å²) in [5, 5.41) is 3.46. The summed E-state index contributed by atoms with van der Waals surface area (Å²) in [7, 11) is -3.78. The SMILES string of the molecule is CCNC(=O)[C@H](C)N(Cc1ccc(Cl)cc1Cl)C(=O)CN(c1ccc(Br)cc1)S(C)(=O)=O. The van der Waals surface area contributed by atoms with E-state index in [1.165, 1.54) is 4.90 Å². The molecular formula is C21H24BrCl2N3O4S. The van der Waals surface area contributed by atoms with Gasteiger partial charge in [-0.05, 0) is 55.8 Å². The van der Waals surface area contributed by atoms with E-state index >= 15 is 0 Å². The molecule has 0 aliphatic carbocycles. The largest absolute Gasteiger partial charge is 0.355 e. The Morgan fingerprint density at radius 1 is 1.12 bits per heavy atom. The maximum atomic E-state index is 13.3. The maximum Gasteiger partial charge on any atom is 0.244 e. The number of carbonyl (C=O) groups excluding carboxylic acids is 2. The van der Waals surface area contributed by atoms with Crippen molar-refractivity contribution in [2.24, 2.45) is 0 Å². The molecule has 0 aromatic heterocycles. The number of hydrogen-bond donors (Lipinski definition) is 1. The Morgan fingerprint density at radius 3 is 2.28 bits per heavy atom. The smallest absolute Gasteiger partial charge is 0.244 e. The van der Waals surface area contributed by atoms with Gasteiger partial charge in [0.1, 0.15) is 12.6 Å². The molecule has 2 amide bonds. The third-order valence-corrected chi connectivity index (χ3v) is 6.92. The molecule has 2 rings (SSSR count). The second kappa shape index (κ2) is 11.4. The van der Waals surface area contributed by atoms with Crippen LogP contribution >= 0.6 is 39.1 Å². The lowest BCUT2D eigenvalue weighted by Gasteiger charge is -2.31. The van der Waals surface area contributed by atoms with Gasteiger partial charge in [0, 0.05) is 27.6 Å². The first kappa shape index (κ1) is 26.4. The number of hydrogen-bond acceptors (Lipinski definition) is 4. The fraction of sp³-hybridized carbons (Fsp3) is 0.333. The number of benzene rings is 2. The van der Waals surface area contributed by atoms with Crippen LogP contribution in [0.4, 0.5) is 5.69 Å². The highest BCUT2D eigenvalue weighted by Crippen LogP contribution is 2.25. The molecule has 0 fully saturated rings. The van der Waals surface area contributed by atoms with Crippen LogP contribution in [-0.2, 0) is 26.2 Å². The van der Waals surface area contributed by atoms with Crippen LogP contribution in [0.15, 0.2) is 46.9 Å². The number of rotatable bonds is 9. The van der Waals surface area contributed by atoms with Gasteiger partial charge in [-0.25, -0.2) is 8.42 Å². The minimum atomic E-state index is -3.78. The van der Waals surface area contributed by atoms with Crippen LogP contribution in [0.2, 0.25) is 10.0 Å². The Labute approximate surface area is 206 Å². The summed E-state index contributed by atoms with van der Waals surface area (Å²) in [5.74, 6) is -0.913. The van der Waals surface area contributed by atoms with E-state index in [9.17, 15) is 18.0 Å². The second-order valence-corrected chi connectivity index (χ2v) is 10.7. The van der Waals surface area contributed by atoms with Crippen molar-refractivity contribution in [2.75, 3.05) is 23.7 Å². The number of nitrogens with one attached hydrogen (secondary N) is 1. The average Bonchev–Trinajstić information content (AvgIpc) is 2.71. The summed E-state index contributed by atoms with van der Waals surface area (Å²) >= 11 is 15.5. The molecule has 0 bridgehead atoms. The molecule has 0 saturated heterocycles. The predicted molar refractivity (Wildman–Crippen MR) is 131 cm³/mol. The van der Waals surface area contributed by atoms with E-state index in [0.29, 0.717) is 27.8 Å². The van der Waals surface area contributed by atoms with Gasteiger partial charge in [0.15, 0.2) is 0 Å². The molecule has 1 atom stereocenters. The topological polar surface area (TPSA) is 86.8 Å². The Kier molecular flexibility index (Phi) is 9.39. The van der Waals surface area contributed by atoms with Crippen molar-refractivity contribution in [1.29, 1.82) is 0 Å². The van der Waals surface area contributed by atoms with Crippen molar-refractivity contribution in [3.63, 3.8) is 0 Å². The molecule has 174 valence electrons. The second-order valence-electron chi connectivity index (χ2n) is 7.07. The number of likely N-dealkylation sites (N-methyl/N-ethyl adjacent to an activating group) is 1. The summed E-state index contributed by atoms with van der Waals surface area (Å²) in [6.07, 6.45) is 1.02. The Morgan fingerprint density at radius 2 is 1.75 bits per heavy atom. The third-order valence-electron chi connectivity index (χ3n) is 4.67. The first-order valence-corrected chi connectivity index (χ1v) is 13.1. The molecule has 7 nitrogen and oxygen atoms in total. The molecule has 2 aromatic carbocycles. The normalized spacial score (nSPS) is 12.2. The van der Waals surface area contributed by atoms with Crippen LogP contribution in [0, 0.1) is 0 Å². The first-order chi connectivity index (χ1) is 14.9. The van der Waals surface area contributed by atoms with Gasteiger partial charge in [0.2, 0.25) is 21.8 Å². The molecular weight excluding hydrogens is 541 g/mol. The van der Waals surface area contributed by atoms with Crippen molar-refractivity contribution in [1.82, 2.24) is 10.2 Å². The fourth-order valence-electron chi connectivity index (χ4n) is 2.96. The highest BCUT2D eigenvalue weighted by Gasteiger charge is 2.30. The van der Waals surface area contributed by atoms with Gasteiger partial charge in [-0.1, -0.05) is 45.2 Å². The third kappa shape index (κ3) is 7.10. The van der Waals surface area contributed by atoms with Crippen LogP contribution in [0.1, 0.15) is 19.4 Å². The van der Waals surface area contributed by atoms with Crippen LogP contribution < -0.4 is 9.62 Å². The fourth-order valence-corrected chi connectivity index (χ4v) is 4.54. The minimum absolute atomic E-state index is 0.00504. The van der Waals surface area contributed by atoms with Gasteiger partial charge in [-0.3, -0.25) is 13.9 Å². The highest BCUT2D eigenvalue weighted by atomic mass is 79.9. The van der Waals surface area contributed by atoms with E-state index in [-0.39, 0.29) is 12.5 Å². The minimum Gasteiger partial charge on any atom is -0.355 e. The number of halogens is 3. The summed E-state index contributed by atoms with van der Waals surface area (Å²) < 4.78 is 26.7. The molecule has 0 radical (unpaired) electrons. The van der Waals surface area contributed by atoms with Crippen molar-refractivity contribution < 1.29 is 18.0 Å². The first-order valence-electron chi connectivity index (χ1n) is 9.68. The Balaban J connectivity index is 2.40. The molecule has 0 aliphatic rings. The van der Waals surface area contributed by atoms with Gasteiger partial charge >= 0.3 is 0 Å². The molecule has 11 heteroatoms. The van der Waals surface area contributed by atoms with E-state index < -0.39 is 28.5 Å². The lowest BCUT2D eigenvalue weighted by atomic mass is 10.1. The predicted octanol–water partition coefficient (Wildman–Crippen LogP) is 4.08. The average molecular weight is 565 g/mol. The lowest BCUT2D eigenvalue weighted by Crippen LogP contribution is -2.51. The highest BCUT2D eigenvalue weighted by molar-refractivity contribution is 9.10. The number of sulfonamides is 1. The van der Waals surface area contributed by atoms with E-state index in [1.54, 1.807) is 56.3 Å². The molecule has 0 unspecified atom stereocenters. The summed E-state index contributed by atoms with van der Waals surface area (Å²) in [6.45, 7) is 3.27. The van der Waals surface area contributed by atoms with Gasteiger partial charge in [-0.2, -0.15) is 0 Å². The van der Waals surface area contributed by atoms with Crippen molar-refractivity contribution >= 4 is 66.7 Å². The number of nitrogens with zero attached hydrogens (tertiary/aromatic N) is 2. The zero-order valence-electron chi connectivity index (χ0n) is 17.8. The van der Waals surface area contributed by atoms with E-state index in [4.69, 9.17) is 23.2 Å². The van der Waals surface area contributed by atoms with Crippen LogP contribution in [0.3, 0.4) is 0 Å². The quantitative estimate of drug-likeness (QED) is 0.497. The summed E-state index contributed by atoms with van der Waals surface area (Å²) in [6, 6.07) is 10.5. The maximum absolute atomic E-state index is 13.3. The zero-order chi connectivity index (χ0) is 24.1. The Hall–Kier alpha value is -1.81. The molecule has 0 spiro atoms. The molecule has 0 aliphatic heterocycles. The number of anilines is 1. The zero-order valence-corrected chi connectivity index (χ0v) is 21.7. The molecule has 0 heterocycles. The van der Waals surface area contributed by atoms with E-state index in [2.05, 4.69) is 21.2 Å².